The van der Waals surface area contributed by atoms with Crippen LogP contribution in [0.4, 0.5) is 0 Å². The highest BCUT2D eigenvalue weighted by molar-refractivity contribution is 5.79. The van der Waals surface area contributed by atoms with Gasteiger partial charge >= 0.3 is 0 Å². The summed E-state index contributed by atoms with van der Waals surface area (Å²) in [5.41, 5.74) is 3.41. The number of hydrogen-bond acceptors (Lipinski definition) is 4. The first-order valence-electron chi connectivity index (χ1n) is 7.31. The van der Waals surface area contributed by atoms with Gasteiger partial charge in [-0.3, -0.25) is 4.79 Å². The van der Waals surface area contributed by atoms with Crippen LogP contribution >= 0.6 is 0 Å². The molecule has 2 aliphatic rings. The zero-order valence-corrected chi connectivity index (χ0v) is 12.3. The summed E-state index contributed by atoms with van der Waals surface area (Å²) in [5, 5.41) is 12.6. The van der Waals surface area contributed by atoms with Gasteiger partial charge in [-0.25, -0.2) is 0 Å². The zero-order valence-electron chi connectivity index (χ0n) is 12.3. The first-order chi connectivity index (χ1) is 10.0. The number of hydrogen-bond donors (Lipinski definition) is 2. The molecular weight excluding hydrogens is 270 g/mol. The molecule has 21 heavy (non-hydrogen) atoms. The van der Waals surface area contributed by atoms with E-state index in [4.69, 9.17) is 9.47 Å². The van der Waals surface area contributed by atoms with Crippen molar-refractivity contribution in [2.45, 2.75) is 44.6 Å². The molecule has 1 amide bonds. The molecule has 1 aromatic carbocycles. The fourth-order valence-electron chi connectivity index (χ4n) is 2.96. The second-order valence-electron chi connectivity index (χ2n) is 5.93. The van der Waals surface area contributed by atoms with Gasteiger partial charge in [0.1, 0.15) is 18.3 Å². The van der Waals surface area contributed by atoms with Crippen LogP contribution in [0.5, 0.6) is 0 Å². The highest BCUT2D eigenvalue weighted by atomic mass is 16.6. The number of amides is 1. The summed E-state index contributed by atoms with van der Waals surface area (Å²) in [7, 11) is 0. The Hall–Kier alpha value is -1.43. The summed E-state index contributed by atoms with van der Waals surface area (Å²) in [5.74, 6) is -0.0440. The molecule has 5 heteroatoms. The molecule has 0 radical (unpaired) electrons. The van der Waals surface area contributed by atoms with Crippen molar-refractivity contribution in [3.8, 4) is 0 Å². The van der Waals surface area contributed by atoms with Crippen LogP contribution in [0, 0.1) is 13.8 Å². The van der Waals surface area contributed by atoms with E-state index in [1.807, 2.05) is 25.1 Å². The first kappa shape index (κ1) is 14.5. The van der Waals surface area contributed by atoms with Gasteiger partial charge in [-0.15, -0.1) is 0 Å². The number of aryl methyl sites for hydroxylation is 2. The lowest BCUT2D eigenvalue weighted by molar-refractivity contribution is -0.121. The standard InChI is InChI=1S/C16H21NO4/c1-9-3-4-11(5-10(9)2)6-14(19)17-12-7-20-16-13(18)8-21-15(12)16/h3-5,12-13,15-16,18H,6-8H2,1-2H3,(H,17,19)/t12-,13+,15+,16+/m0/s1. The molecule has 2 N–H and O–H groups in total. The predicted octanol–water partition coefficient (Wildman–Crippen LogP) is 0.489. The maximum Gasteiger partial charge on any atom is 0.224 e. The van der Waals surface area contributed by atoms with Gasteiger partial charge in [-0.05, 0) is 30.5 Å². The van der Waals surface area contributed by atoms with Crippen LogP contribution in [0.2, 0.25) is 0 Å². The summed E-state index contributed by atoms with van der Waals surface area (Å²) in [4.78, 5) is 12.2. The molecule has 0 bridgehead atoms. The Morgan fingerprint density at radius 3 is 2.76 bits per heavy atom. The van der Waals surface area contributed by atoms with E-state index in [9.17, 15) is 9.90 Å². The first-order valence-corrected chi connectivity index (χ1v) is 7.31. The minimum Gasteiger partial charge on any atom is -0.388 e. The van der Waals surface area contributed by atoms with Crippen molar-refractivity contribution in [2.75, 3.05) is 13.2 Å². The molecule has 2 fully saturated rings. The molecule has 4 atom stereocenters. The molecule has 5 nitrogen and oxygen atoms in total. The fraction of sp³-hybridized carbons (Fsp3) is 0.562. The van der Waals surface area contributed by atoms with E-state index in [1.165, 1.54) is 11.1 Å². The summed E-state index contributed by atoms with van der Waals surface area (Å²) in [6.07, 6.45) is -0.783. The van der Waals surface area contributed by atoms with Gasteiger partial charge in [0.25, 0.3) is 0 Å². The summed E-state index contributed by atoms with van der Waals surface area (Å²) in [6, 6.07) is 5.87. The van der Waals surface area contributed by atoms with Crippen molar-refractivity contribution in [1.29, 1.82) is 0 Å². The van der Waals surface area contributed by atoms with E-state index < -0.39 is 6.10 Å². The lowest BCUT2D eigenvalue weighted by Crippen LogP contribution is -2.44. The van der Waals surface area contributed by atoms with Crippen molar-refractivity contribution < 1.29 is 19.4 Å². The van der Waals surface area contributed by atoms with Crippen LogP contribution in [0.15, 0.2) is 18.2 Å². The Morgan fingerprint density at radius 1 is 1.24 bits per heavy atom. The third kappa shape index (κ3) is 2.95. The molecule has 0 aliphatic carbocycles. The van der Waals surface area contributed by atoms with E-state index >= 15 is 0 Å². The lowest BCUT2D eigenvalue weighted by Gasteiger charge is -2.17. The summed E-state index contributed by atoms with van der Waals surface area (Å²) >= 11 is 0. The number of aliphatic hydroxyl groups is 1. The largest absolute Gasteiger partial charge is 0.388 e. The Morgan fingerprint density at radius 2 is 2.00 bits per heavy atom. The van der Waals surface area contributed by atoms with Crippen molar-refractivity contribution in [3.63, 3.8) is 0 Å². The second-order valence-corrected chi connectivity index (χ2v) is 5.93. The smallest absolute Gasteiger partial charge is 0.224 e. The summed E-state index contributed by atoms with van der Waals surface area (Å²) in [6.45, 7) is 4.77. The van der Waals surface area contributed by atoms with E-state index in [2.05, 4.69) is 12.2 Å². The molecule has 0 spiro atoms. The minimum atomic E-state index is -0.586. The fourth-order valence-corrected chi connectivity index (χ4v) is 2.96. The summed E-state index contributed by atoms with van der Waals surface area (Å²) < 4.78 is 11.0. The molecular formula is C16H21NO4. The second kappa shape index (κ2) is 5.75. The van der Waals surface area contributed by atoms with E-state index in [0.717, 1.165) is 5.56 Å². The predicted molar refractivity (Wildman–Crippen MR) is 77.0 cm³/mol. The Kier molecular flexibility index (Phi) is 3.97. The average molecular weight is 291 g/mol. The van der Waals surface area contributed by atoms with E-state index in [0.29, 0.717) is 13.0 Å². The number of fused-ring (bicyclic) bond motifs is 1. The highest BCUT2D eigenvalue weighted by Crippen LogP contribution is 2.27. The molecule has 2 aliphatic heterocycles. The van der Waals surface area contributed by atoms with Gasteiger partial charge in [0.05, 0.1) is 25.7 Å². The number of carbonyl (C=O) groups is 1. The third-order valence-electron chi connectivity index (χ3n) is 4.31. The maximum atomic E-state index is 12.2. The normalized spacial score (nSPS) is 31.2. The minimum absolute atomic E-state index is 0.0440. The van der Waals surface area contributed by atoms with Gasteiger partial charge in [0, 0.05) is 0 Å². The topological polar surface area (TPSA) is 67.8 Å². The van der Waals surface area contributed by atoms with Crippen LogP contribution in [-0.4, -0.2) is 48.6 Å². The van der Waals surface area contributed by atoms with Crippen molar-refractivity contribution in [3.05, 3.63) is 34.9 Å². The molecule has 2 heterocycles. The lowest BCUT2D eigenvalue weighted by atomic mass is 10.0. The van der Waals surface area contributed by atoms with Gasteiger partial charge < -0.3 is 19.9 Å². The Bertz CT molecular complexity index is 545. The number of ether oxygens (including phenoxy) is 2. The zero-order chi connectivity index (χ0) is 15.0. The van der Waals surface area contributed by atoms with Crippen LogP contribution in [-0.2, 0) is 20.7 Å². The molecule has 1 aromatic rings. The molecule has 114 valence electrons. The average Bonchev–Trinajstić information content (AvgIpc) is 2.99. The van der Waals surface area contributed by atoms with Crippen molar-refractivity contribution in [1.82, 2.24) is 5.32 Å². The van der Waals surface area contributed by atoms with Crippen molar-refractivity contribution in [2.24, 2.45) is 0 Å². The number of carbonyl (C=O) groups excluding carboxylic acids is 1. The molecule has 0 aromatic heterocycles. The van der Waals surface area contributed by atoms with Gasteiger partial charge in [0.15, 0.2) is 0 Å². The van der Waals surface area contributed by atoms with Gasteiger partial charge in [-0.2, -0.15) is 0 Å². The SMILES string of the molecule is Cc1ccc(CC(=O)N[C@H]2CO[C@H]3[C@@H]2OC[C@H]3O)cc1C. The number of nitrogens with one attached hydrogen (secondary N) is 1. The Labute approximate surface area is 124 Å². The Balaban J connectivity index is 1.58. The number of aliphatic hydroxyl groups excluding tert-OH is 1. The monoisotopic (exact) mass is 291 g/mol. The quantitative estimate of drug-likeness (QED) is 0.850. The maximum absolute atomic E-state index is 12.2. The van der Waals surface area contributed by atoms with Crippen LogP contribution < -0.4 is 5.32 Å². The van der Waals surface area contributed by atoms with E-state index in [1.54, 1.807) is 0 Å². The molecule has 2 saturated heterocycles. The number of rotatable bonds is 3. The third-order valence-corrected chi connectivity index (χ3v) is 4.31. The van der Waals surface area contributed by atoms with Gasteiger partial charge in [0.2, 0.25) is 5.91 Å². The molecule has 0 unspecified atom stereocenters. The van der Waals surface area contributed by atoms with Crippen LogP contribution in [0.25, 0.3) is 0 Å². The number of benzene rings is 1. The van der Waals surface area contributed by atoms with Gasteiger partial charge in [-0.1, -0.05) is 18.2 Å². The van der Waals surface area contributed by atoms with E-state index in [-0.39, 0.29) is 30.8 Å². The molecule has 3 rings (SSSR count). The highest BCUT2D eigenvalue weighted by Gasteiger charge is 2.47. The van der Waals surface area contributed by atoms with Crippen LogP contribution in [0.1, 0.15) is 16.7 Å². The molecule has 0 saturated carbocycles. The van der Waals surface area contributed by atoms with Crippen LogP contribution in [0.3, 0.4) is 0 Å². The van der Waals surface area contributed by atoms with Crippen molar-refractivity contribution >= 4 is 5.91 Å².